The molecule has 0 radical (unpaired) electrons. The van der Waals surface area contributed by atoms with Crippen LogP contribution in [0, 0.1) is 0 Å². The van der Waals surface area contributed by atoms with Crippen molar-refractivity contribution in [3.63, 3.8) is 0 Å². The highest BCUT2D eigenvalue weighted by molar-refractivity contribution is 4.93. The van der Waals surface area contributed by atoms with Crippen molar-refractivity contribution in [1.29, 1.82) is 0 Å². The zero-order valence-electron chi connectivity index (χ0n) is 18.5. The van der Waals surface area contributed by atoms with Crippen molar-refractivity contribution in [3.8, 4) is 0 Å². The first-order valence-corrected chi connectivity index (χ1v) is 11.6. The monoisotopic (exact) mass is 370 g/mol. The Labute approximate surface area is 165 Å². The van der Waals surface area contributed by atoms with Crippen LogP contribution < -0.4 is 16.4 Å². The highest BCUT2D eigenvalue weighted by Crippen LogP contribution is 2.29. The third kappa shape index (κ3) is 11.5. The van der Waals surface area contributed by atoms with Gasteiger partial charge in [0.25, 0.3) is 0 Å². The first kappa shape index (κ1) is 25.8. The molecular formula is C22H50N4. The van der Waals surface area contributed by atoms with Crippen LogP contribution in [-0.2, 0) is 0 Å². The van der Waals surface area contributed by atoms with Crippen molar-refractivity contribution < 1.29 is 0 Å². The summed E-state index contributed by atoms with van der Waals surface area (Å²) >= 11 is 0. The van der Waals surface area contributed by atoms with Crippen LogP contribution in [0.5, 0.6) is 0 Å². The highest BCUT2D eigenvalue weighted by atomic mass is 15.2. The van der Waals surface area contributed by atoms with Crippen molar-refractivity contribution in [2.45, 2.75) is 97.4 Å². The average Bonchev–Trinajstić information content (AvgIpc) is 2.66. The van der Waals surface area contributed by atoms with Gasteiger partial charge in [0.05, 0.1) is 0 Å². The van der Waals surface area contributed by atoms with Crippen LogP contribution in [0.4, 0.5) is 0 Å². The van der Waals surface area contributed by atoms with E-state index in [1.54, 1.807) is 0 Å². The van der Waals surface area contributed by atoms with Crippen molar-refractivity contribution in [3.05, 3.63) is 0 Å². The van der Waals surface area contributed by atoms with E-state index in [0.717, 1.165) is 32.7 Å². The molecule has 0 rings (SSSR count). The maximum Gasteiger partial charge on any atom is 0.0333 e. The molecule has 0 aromatic rings. The second-order valence-corrected chi connectivity index (χ2v) is 7.84. The second kappa shape index (κ2) is 18.2. The number of hydrogen-bond acceptors (Lipinski definition) is 4. The SMILES string of the molecule is CCCCN(CCCC)C(CCCC)(CCCC)CNCCNCCN. The van der Waals surface area contributed by atoms with E-state index in [9.17, 15) is 0 Å². The van der Waals surface area contributed by atoms with Gasteiger partial charge >= 0.3 is 0 Å². The number of nitrogens with zero attached hydrogens (tertiary/aromatic N) is 1. The Bertz CT molecular complexity index is 267. The number of rotatable bonds is 20. The molecule has 0 aromatic heterocycles. The van der Waals surface area contributed by atoms with E-state index >= 15 is 0 Å². The Morgan fingerprint density at radius 3 is 1.65 bits per heavy atom. The standard InChI is InChI=1S/C22H50N4/c1-5-9-13-22(14-10-6-2,21-25-18-17-24-16-15-23)26(19-11-7-3)20-12-8-4/h24-25H,5-21,23H2,1-4H3. The highest BCUT2D eigenvalue weighted by Gasteiger charge is 2.34. The fourth-order valence-electron chi connectivity index (χ4n) is 3.75. The zero-order chi connectivity index (χ0) is 19.5. The summed E-state index contributed by atoms with van der Waals surface area (Å²) in [7, 11) is 0. The first-order valence-electron chi connectivity index (χ1n) is 11.6. The summed E-state index contributed by atoms with van der Waals surface area (Å²) in [5, 5.41) is 7.20. The average molecular weight is 371 g/mol. The Kier molecular flexibility index (Phi) is 18.1. The molecule has 0 atom stereocenters. The van der Waals surface area contributed by atoms with Crippen LogP contribution >= 0.6 is 0 Å². The Morgan fingerprint density at radius 1 is 0.692 bits per heavy atom. The van der Waals surface area contributed by atoms with E-state index in [1.807, 2.05) is 0 Å². The van der Waals surface area contributed by atoms with E-state index in [-0.39, 0.29) is 0 Å². The van der Waals surface area contributed by atoms with Gasteiger partial charge < -0.3 is 16.4 Å². The van der Waals surface area contributed by atoms with E-state index in [4.69, 9.17) is 5.73 Å². The Balaban J connectivity index is 5.04. The summed E-state index contributed by atoms with van der Waals surface area (Å²) in [5.41, 5.74) is 5.90. The lowest BCUT2D eigenvalue weighted by Crippen LogP contribution is -2.56. The molecule has 4 nitrogen and oxygen atoms in total. The van der Waals surface area contributed by atoms with Crippen LogP contribution in [0.1, 0.15) is 91.9 Å². The third-order valence-corrected chi connectivity index (χ3v) is 5.48. The van der Waals surface area contributed by atoms with E-state index in [1.165, 1.54) is 77.3 Å². The molecule has 0 heterocycles. The van der Waals surface area contributed by atoms with Crippen molar-refractivity contribution >= 4 is 0 Å². The maximum absolute atomic E-state index is 5.57. The second-order valence-electron chi connectivity index (χ2n) is 7.84. The number of nitrogens with two attached hydrogens (primary N) is 1. The summed E-state index contributed by atoms with van der Waals surface area (Å²) in [6, 6.07) is 0. The molecule has 0 unspecified atom stereocenters. The summed E-state index contributed by atoms with van der Waals surface area (Å²) < 4.78 is 0. The van der Waals surface area contributed by atoms with Crippen LogP contribution in [0.15, 0.2) is 0 Å². The Morgan fingerprint density at radius 2 is 1.19 bits per heavy atom. The predicted octanol–water partition coefficient (Wildman–Crippen LogP) is 4.15. The fraction of sp³-hybridized carbons (Fsp3) is 1.00. The molecule has 0 fully saturated rings. The molecule has 4 N–H and O–H groups in total. The quantitative estimate of drug-likeness (QED) is 0.282. The summed E-state index contributed by atoms with van der Waals surface area (Å²) in [6.45, 7) is 16.6. The molecule has 0 bridgehead atoms. The minimum Gasteiger partial charge on any atom is -0.329 e. The van der Waals surface area contributed by atoms with Crippen LogP contribution in [0.3, 0.4) is 0 Å². The minimum atomic E-state index is 0.338. The molecule has 0 saturated heterocycles. The van der Waals surface area contributed by atoms with Gasteiger partial charge in [-0.3, -0.25) is 4.90 Å². The summed E-state index contributed by atoms with van der Waals surface area (Å²) in [5.74, 6) is 0. The summed E-state index contributed by atoms with van der Waals surface area (Å²) in [4.78, 5) is 2.87. The molecule has 0 aliphatic rings. The normalized spacial score (nSPS) is 12.2. The maximum atomic E-state index is 5.57. The lowest BCUT2D eigenvalue weighted by molar-refractivity contribution is 0.0605. The van der Waals surface area contributed by atoms with Gasteiger partial charge in [0.15, 0.2) is 0 Å². The summed E-state index contributed by atoms with van der Waals surface area (Å²) in [6.07, 6.45) is 13.1. The minimum absolute atomic E-state index is 0.338. The zero-order valence-corrected chi connectivity index (χ0v) is 18.5. The Hall–Kier alpha value is -0.160. The van der Waals surface area contributed by atoms with Crippen LogP contribution in [-0.4, -0.2) is 56.3 Å². The molecule has 4 heteroatoms. The van der Waals surface area contributed by atoms with Crippen molar-refractivity contribution in [2.24, 2.45) is 5.73 Å². The number of unbranched alkanes of at least 4 members (excludes halogenated alkanes) is 4. The van der Waals surface area contributed by atoms with Gasteiger partial charge in [-0.25, -0.2) is 0 Å². The molecule has 0 aliphatic heterocycles. The first-order chi connectivity index (χ1) is 12.7. The van der Waals surface area contributed by atoms with Gasteiger partial charge in [0.1, 0.15) is 0 Å². The number of nitrogens with one attached hydrogen (secondary N) is 2. The lowest BCUT2D eigenvalue weighted by atomic mass is 9.84. The van der Waals surface area contributed by atoms with Crippen LogP contribution in [0.25, 0.3) is 0 Å². The van der Waals surface area contributed by atoms with Crippen LogP contribution in [0.2, 0.25) is 0 Å². The van der Waals surface area contributed by atoms with Gasteiger partial charge in [-0.1, -0.05) is 66.2 Å². The fourth-order valence-corrected chi connectivity index (χ4v) is 3.75. The van der Waals surface area contributed by atoms with Gasteiger partial charge in [-0.15, -0.1) is 0 Å². The van der Waals surface area contributed by atoms with Gasteiger partial charge in [-0.2, -0.15) is 0 Å². The lowest BCUT2D eigenvalue weighted by Gasteiger charge is -2.45. The molecule has 0 aliphatic carbocycles. The molecule has 0 saturated carbocycles. The smallest absolute Gasteiger partial charge is 0.0333 e. The molecular weight excluding hydrogens is 320 g/mol. The van der Waals surface area contributed by atoms with Gasteiger partial charge in [-0.05, 0) is 38.8 Å². The van der Waals surface area contributed by atoms with E-state index in [2.05, 4.69) is 43.2 Å². The molecule has 0 aromatic carbocycles. The molecule has 158 valence electrons. The predicted molar refractivity (Wildman–Crippen MR) is 118 cm³/mol. The number of hydrogen-bond donors (Lipinski definition) is 3. The van der Waals surface area contributed by atoms with Gasteiger partial charge in [0, 0.05) is 38.3 Å². The molecule has 26 heavy (non-hydrogen) atoms. The van der Waals surface area contributed by atoms with E-state index < -0.39 is 0 Å². The third-order valence-electron chi connectivity index (χ3n) is 5.48. The topological polar surface area (TPSA) is 53.3 Å². The van der Waals surface area contributed by atoms with Gasteiger partial charge in [0.2, 0.25) is 0 Å². The largest absolute Gasteiger partial charge is 0.329 e. The van der Waals surface area contributed by atoms with Crippen molar-refractivity contribution in [2.75, 3.05) is 45.8 Å². The molecule has 0 spiro atoms. The van der Waals surface area contributed by atoms with E-state index in [0.29, 0.717) is 5.54 Å². The molecule has 0 amide bonds. The van der Waals surface area contributed by atoms with Crippen molar-refractivity contribution in [1.82, 2.24) is 15.5 Å².